The minimum Gasteiger partial charge on any atom is -0.461 e. The van der Waals surface area contributed by atoms with Gasteiger partial charge in [-0.1, -0.05) is 56.9 Å². The van der Waals surface area contributed by atoms with Crippen LogP contribution in [0.5, 0.6) is 0 Å². The smallest absolute Gasteiger partial charge is 0.358 e. The monoisotopic (exact) mass is 480 g/mol. The molecule has 0 saturated heterocycles. The lowest BCUT2D eigenvalue weighted by molar-refractivity contribution is -0.134. The van der Waals surface area contributed by atoms with E-state index in [9.17, 15) is 14.4 Å². The number of esters is 1. The Morgan fingerprint density at radius 3 is 2.37 bits per heavy atom. The van der Waals surface area contributed by atoms with Crippen LogP contribution in [0.2, 0.25) is 0 Å². The standard InChI is InChI=1S/C27H36N4O4/c1-4-19-12-14-20(15-13-19)17-30-24(32)23-16-22(25(33)35-5-2)29-31(23)18-27(30,3)26(34)28-21-10-8-6-7-9-11-21/h12-16,21H,4-11,17-18H2,1-3H3,(H,28,34). The summed E-state index contributed by atoms with van der Waals surface area (Å²) < 4.78 is 6.56. The van der Waals surface area contributed by atoms with Crippen LogP contribution in [0.15, 0.2) is 30.3 Å². The summed E-state index contributed by atoms with van der Waals surface area (Å²) in [5.74, 6) is -1.08. The van der Waals surface area contributed by atoms with E-state index in [4.69, 9.17) is 4.74 Å². The zero-order valence-electron chi connectivity index (χ0n) is 21.0. The summed E-state index contributed by atoms with van der Waals surface area (Å²) in [6.07, 6.45) is 7.41. The van der Waals surface area contributed by atoms with Gasteiger partial charge < -0.3 is 15.0 Å². The summed E-state index contributed by atoms with van der Waals surface area (Å²) in [6.45, 7) is 6.29. The lowest BCUT2D eigenvalue weighted by Crippen LogP contribution is -2.64. The number of amides is 2. The van der Waals surface area contributed by atoms with E-state index in [0.29, 0.717) is 0 Å². The molecule has 8 nitrogen and oxygen atoms in total. The summed E-state index contributed by atoms with van der Waals surface area (Å²) in [4.78, 5) is 41.4. The number of aryl methyl sites for hydroxylation is 1. The highest BCUT2D eigenvalue weighted by Gasteiger charge is 2.48. The maximum atomic E-state index is 13.8. The van der Waals surface area contributed by atoms with Gasteiger partial charge in [-0.15, -0.1) is 0 Å². The third-order valence-electron chi connectivity index (χ3n) is 7.23. The zero-order chi connectivity index (χ0) is 25.0. The first-order valence-electron chi connectivity index (χ1n) is 12.8. The average molecular weight is 481 g/mol. The number of carbonyl (C=O) groups is 3. The first-order valence-corrected chi connectivity index (χ1v) is 12.8. The van der Waals surface area contributed by atoms with E-state index in [1.807, 2.05) is 12.1 Å². The van der Waals surface area contributed by atoms with Crippen LogP contribution in [-0.2, 0) is 29.0 Å². The first-order chi connectivity index (χ1) is 16.9. The molecule has 1 N–H and O–H groups in total. The van der Waals surface area contributed by atoms with E-state index in [1.54, 1.807) is 18.7 Å². The van der Waals surface area contributed by atoms with Crippen LogP contribution in [0.3, 0.4) is 0 Å². The van der Waals surface area contributed by atoms with Crippen LogP contribution in [0.25, 0.3) is 0 Å². The molecule has 188 valence electrons. The van der Waals surface area contributed by atoms with Crippen molar-refractivity contribution in [1.82, 2.24) is 20.0 Å². The van der Waals surface area contributed by atoms with E-state index in [2.05, 4.69) is 29.5 Å². The highest BCUT2D eigenvalue weighted by Crippen LogP contribution is 2.30. The van der Waals surface area contributed by atoms with E-state index < -0.39 is 11.5 Å². The number of nitrogens with one attached hydrogen (secondary N) is 1. The van der Waals surface area contributed by atoms with Crippen LogP contribution in [0.4, 0.5) is 0 Å². The Labute approximate surface area is 207 Å². The molecule has 2 heterocycles. The number of nitrogens with zero attached hydrogens (tertiary/aromatic N) is 3. The Balaban J connectivity index is 1.66. The van der Waals surface area contributed by atoms with Gasteiger partial charge in [-0.05, 0) is 44.2 Å². The molecular formula is C27H36N4O4. The SMILES string of the molecule is CCOC(=O)c1cc2n(n1)CC(C)(C(=O)NC1CCCCCC1)N(Cc1ccc(CC)cc1)C2=O. The van der Waals surface area contributed by atoms with Crippen molar-refractivity contribution in [3.8, 4) is 0 Å². The van der Waals surface area contributed by atoms with Gasteiger partial charge in [0.05, 0.1) is 13.2 Å². The molecule has 1 atom stereocenters. The second kappa shape index (κ2) is 10.6. The predicted octanol–water partition coefficient (Wildman–Crippen LogP) is 3.88. The van der Waals surface area contributed by atoms with Crippen LogP contribution >= 0.6 is 0 Å². The Morgan fingerprint density at radius 2 is 1.74 bits per heavy atom. The molecule has 8 heteroatoms. The molecule has 0 bridgehead atoms. The van der Waals surface area contributed by atoms with Crippen molar-refractivity contribution in [3.63, 3.8) is 0 Å². The van der Waals surface area contributed by atoms with E-state index in [0.717, 1.165) is 37.7 Å². The molecule has 1 aromatic carbocycles. The summed E-state index contributed by atoms with van der Waals surface area (Å²) >= 11 is 0. The van der Waals surface area contributed by atoms with Crippen molar-refractivity contribution in [3.05, 3.63) is 52.8 Å². The van der Waals surface area contributed by atoms with Gasteiger partial charge in [0.1, 0.15) is 11.2 Å². The van der Waals surface area contributed by atoms with E-state index >= 15 is 0 Å². The maximum absolute atomic E-state index is 13.8. The van der Waals surface area contributed by atoms with Gasteiger partial charge in [0.2, 0.25) is 5.91 Å². The number of fused-ring (bicyclic) bond motifs is 1. The number of hydrogen-bond donors (Lipinski definition) is 1. The largest absolute Gasteiger partial charge is 0.461 e. The van der Waals surface area contributed by atoms with Gasteiger partial charge in [-0.3, -0.25) is 14.3 Å². The molecule has 1 aliphatic carbocycles. The van der Waals surface area contributed by atoms with E-state index in [-0.39, 0.29) is 48.9 Å². The third kappa shape index (κ3) is 5.26. The lowest BCUT2D eigenvalue weighted by Gasteiger charge is -2.44. The van der Waals surface area contributed by atoms with Crippen molar-refractivity contribution in [1.29, 1.82) is 0 Å². The van der Waals surface area contributed by atoms with Crippen LogP contribution in [0.1, 0.15) is 91.4 Å². The Morgan fingerprint density at radius 1 is 1.09 bits per heavy atom. The molecule has 2 aromatic rings. The second-order valence-electron chi connectivity index (χ2n) is 9.79. The molecule has 0 radical (unpaired) electrons. The number of aromatic nitrogens is 2. The zero-order valence-corrected chi connectivity index (χ0v) is 21.0. The number of hydrogen-bond acceptors (Lipinski definition) is 5. The van der Waals surface area contributed by atoms with Crippen LogP contribution in [0, 0.1) is 0 Å². The Hall–Kier alpha value is -3.16. The Bertz CT molecular complexity index is 1070. The van der Waals surface area contributed by atoms with Gasteiger partial charge in [0.25, 0.3) is 5.91 Å². The fourth-order valence-corrected chi connectivity index (χ4v) is 5.02. The van der Waals surface area contributed by atoms with Crippen molar-refractivity contribution >= 4 is 17.8 Å². The van der Waals surface area contributed by atoms with Gasteiger partial charge in [0, 0.05) is 18.7 Å². The van der Waals surface area contributed by atoms with E-state index in [1.165, 1.54) is 29.2 Å². The van der Waals surface area contributed by atoms with Crippen molar-refractivity contribution in [2.45, 2.75) is 90.4 Å². The molecule has 35 heavy (non-hydrogen) atoms. The van der Waals surface area contributed by atoms with Gasteiger partial charge >= 0.3 is 5.97 Å². The molecule has 2 amide bonds. The van der Waals surface area contributed by atoms with Gasteiger partial charge in [0.15, 0.2) is 5.69 Å². The Kier molecular flexibility index (Phi) is 7.57. The second-order valence-corrected chi connectivity index (χ2v) is 9.79. The highest BCUT2D eigenvalue weighted by atomic mass is 16.5. The number of benzene rings is 1. The predicted molar refractivity (Wildman–Crippen MR) is 132 cm³/mol. The fraction of sp³-hybridized carbons (Fsp3) is 0.556. The number of rotatable bonds is 7. The lowest BCUT2D eigenvalue weighted by atomic mass is 9.93. The molecule has 1 fully saturated rings. The fourth-order valence-electron chi connectivity index (χ4n) is 5.02. The first kappa shape index (κ1) is 24.9. The highest BCUT2D eigenvalue weighted by molar-refractivity contribution is 6.01. The van der Waals surface area contributed by atoms with Crippen molar-refractivity contribution in [2.75, 3.05) is 6.61 Å². The summed E-state index contributed by atoms with van der Waals surface area (Å²) in [7, 11) is 0. The molecule has 1 aliphatic heterocycles. The summed E-state index contributed by atoms with van der Waals surface area (Å²) in [5, 5.41) is 7.58. The molecule has 1 aromatic heterocycles. The molecule has 1 saturated carbocycles. The summed E-state index contributed by atoms with van der Waals surface area (Å²) in [6, 6.07) is 9.69. The number of ether oxygens (including phenoxy) is 1. The molecule has 4 rings (SSSR count). The summed E-state index contributed by atoms with van der Waals surface area (Å²) in [5.41, 5.74) is 1.37. The number of carbonyl (C=O) groups excluding carboxylic acids is 3. The minimum absolute atomic E-state index is 0.0795. The van der Waals surface area contributed by atoms with Crippen LogP contribution < -0.4 is 5.32 Å². The third-order valence-corrected chi connectivity index (χ3v) is 7.23. The topological polar surface area (TPSA) is 93.5 Å². The van der Waals surface area contributed by atoms with Gasteiger partial charge in [-0.25, -0.2) is 4.79 Å². The normalized spacial score (nSPS) is 20.8. The van der Waals surface area contributed by atoms with Crippen molar-refractivity contribution in [2.24, 2.45) is 0 Å². The quantitative estimate of drug-likeness (QED) is 0.480. The molecule has 1 unspecified atom stereocenters. The van der Waals surface area contributed by atoms with Crippen LogP contribution in [-0.4, -0.2) is 50.7 Å². The van der Waals surface area contributed by atoms with Gasteiger partial charge in [-0.2, -0.15) is 5.10 Å². The molecular weight excluding hydrogens is 444 g/mol. The molecule has 2 aliphatic rings. The maximum Gasteiger partial charge on any atom is 0.358 e. The van der Waals surface area contributed by atoms with Crippen molar-refractivity contribution < 1.29 is 19.1 Å². The molecule has 0 spiro atoms. The minimum atomic E-state index is -1.15. The average Bonchev–Trinajstić information content (AvgIpc) is 3.11.